The molecule has 2 aromatic rings. The maximum atomic E-state index is 13.2. The molecule has 2 amide bonds. The molecule has 0 bridgehead atoms. The fourth-order valence-corrected chi connectivity index (χ4v) is 5.08. The molecule has 228 valence electrons. The van der Waals surface area contributed by atoms with E-state index < -0.39 is 14.6 Å². The van der Waals surface area contributed by atoms with E-state index in [1.165, 1.54) is 0 Å². The van der Waals surface area contributed by atoms with Crippen LogP contribution in [0.2, 0.25) is 13.1 Å². The van der Waals surface area contributed by atoms with Gasteiger partial charge in [0, 0.05) is 37.3 Å². The van der Waals surface area contributed by atoms with Crippen LogP contribution in [0.3, 0.4) is 0 Å². The maximum Gasteiger partial charge on any atom is 0.410 e. The van der Waals surface area contributed by atoms with Crippen molar-refractivity contribution in [2.45, 2.75) is 84.6 Å². The van der Waals surface area contributed by atoms with Gasteiger partial charge in [0.1, 0.15) is 24.2 Å². The summed E-state index contributed by atoms with van der Waals surface area (Å²) in [6, 6.07) is 15.2. The number of rotatable bonds is 9. The molecule has 0 aromatic heterocycles. The summed E-state index contributed by atoms with van der Waals surface area (Å²) in [6.07, 6.45) is 1.16. The number of piperidine rings is 1. The summed E-state index contributed by atoms with van der Waals surface area (Å²) in [7, 11) is -1.36. The third kappa shape index (κ3) is 10.1. The standard InChI is InChI=1S/C32H46N4O5Si/c1-31(2,3)27-14-9-23(20-33)19-28(27)36(22-39-42(7)8)21-29(37)34-24-10-12-25(13-11-24)40-26-15-17-35(18-16-26)30(38)41-32(4,5)6/h9-14,19,26,42H,15-18,21-22H2,1-8H3,(H,34,37). The molecule has 0 spiro atoms. The molecule has 10 heteroatoms. The third-order valence-corrected chi connectivity index (χ3v) is 7.52. The van der Waals surface area contributed by atoms with E-state index in [0.29, 0.717) is 30.1 Å². The van der Waals surface area contributed by atoms with Crippen molar-refractivity contribution >= 4 is 32.4 Å². The zero-order valence-electron chi connectivity index (χ0n) is 26.3. The Morgan fingerprint density at radius 3 is 2.24 bits per heavy atom. The van der Waals surface area contributed by atoms with Gasteiger partial charge in [-0.1, -0.05) is 26.8 Å². The van der Waals surface area contributed by atoms with Gasteiger partial charge in [0.25, 0.3) is 0 Å². The SMILES string of the molecule is C[SiH](C)OCN(CC(=O)Nc1ccc(OC2CCN(C(=O)OC(C)(C)C)CC2)cc1)c1cc(C#N)ccc1C(C)(C)C. The molecule has 3 rings (SSSR count). The first-order valence-corrected chi connectivity index (χ1v) is 17.4. The first-order valence-electron chi connectivity index (χ1n) is 14.6. The van der Waals surface area contributed by atoms with E-state index in [1.807, 2.05) is 68.1 Å². The normalized spacial score (nSPS) is 14.3. The number of carbonyl (C=O) groups is 2. The molecule has 9 nitrogen and oxygen atoms in total. The van der Waals surface area contributed by atoms with E-state index in [9.17, 15) is 14.9 Å². The number of likely N-dealkylation sites (tertiary alicyclic amines) is 1. The maximum absolute atomic E-state index is 13.2. The highest BCUT2D eigenvalue weighted by atomic mass is 28.3. The number of nitrogens with zero attached hydrogens (tertiary/aromatic N) is 3. The van der Waals surface area contributed by atoms with Crippen molar-refractivity contribution in [3.8, 4) is 11.8 Å². The summed E-state index contributed by atoms with van der Waals surface area (Å²) in [6.45, 7) is 17.6. The number of amides is 2. The smallest absolute Gasteiger partial charge is 0.410 e. The molecular formula is C32H46N4O5Si. The molecule has 0 radical (unpaired) electrons. The van der Waals surface area contributed by atoms with Crippen LogP contribution in [0.15, 0.2) is 42.5 Å². The molecule has 0 atom stereocenters. The van der Waals surface area contributed by atoms with E-state index >= 15 is 0 Å². The molecule has 0 aliphatic carbocycles. The van der Waals surface area contributed by atoms with Gasteiger partial charge in [-0.25, -0.2) is 4.79 Å². The van der Waals surface area contributed by atoms with Crippen LogP contribution in [0.5, 0.6) is 5.75 Å². The zero-order chi connectivity index (χ0) is 31.1. The zero-order valence-corrected chi connectivity index (χ0v) is 27.5. The lowest BCUT2D eigenvalue weighted by atomic mass is 9.85. The second-order valence-corrected chi connectivity index (χ2v) is 15.4. The molecule has 1 heterocycles. The molecule has 0 unspecified atom stereocenters. The van der Waals surface area contributed by atoms with Crippen LogP contribution in [0.1, 0.15) is 65.5 Å². The van der Waals surface area contributed by atoms with E-state index in [4.69, 9.17) is 13.9 Å². The Hall–Kier alpha value is -3.55. The molecule has 2 aromatic carbocycles. The summed E-state index contributed by atoms with van der Waals surface area (Å²) >= 11 is 0. The van der Waals surface area contributed by atoms with Crippen molar-refractivity contribution in [2.75, 3.05) is 36.6 Å². The van der Waals surface area contributed by atoms with Crippen LogP contribution in [-0.2, 0) is 19.4 Å². The van der Waals surface area contributed by atoms with Gasteiger partial charge in [0.15, 0.2) is 9.04 Å². The quantitative estimate of drug-likeness (QED) is 0.279. The number of hydrogen-bond donors (Lipinski definition) is 1. The average molecular weight is 595 g/mol. The largest absolute Gasteiger partial charge is 0.490 e. The lowest BCUT2D eigenvalue weighted by molar-refractivity contribution is -0.115. The molecule has 0 saturated carbocycles. The van der Waals surface area contributed by atoms with E-state index in [-0.39, 0.29) is 36.8 Å². The van der Waals surface area contributed by atoms with Crippen LogP contribution in [-0.4, -0.2) is 64.0 Å². The monoisotopic (exact) mass is 594 g/mol. The average Bonchev–Trinajstić information content (AvgIpc) is 2.90. The Morgan fingerprint density at radius 2 is 1.69 bits per heavy atom. The number of nitriles is 1. The van der Waals surface area contributed by atoms with E-state index in [0.717, 1.165) is 24.1 Å². The molecule has 1 N–H and O–H groups in total. The number of hydrogen-bond acceptors (Lipinski definition) is 7. The minimum atomic E-state index is -1.36. The van der Waals surface area contributed by atoms with Crippen LogP contribution in [0.4, 0.5) is 16.2 Å². The van der Waals surface area contributed by atoms with Crippen LogP contribution in [0.25, 0.3) is 0 Å². The second kappa shape index (κ2) is 14.1. The van der Waals surface area contributed by atoms with Crippen LogP contribution in [0, 0.1) is 11.3 Å². The molecule has 1 fully saturated rings. The number of benzene rings is 2. The Kier molecular flexibility index (Phi) is 11.0. The van der Waals surface area contributed by atoms with Crippen LogP contribution >= 0.6 is 0 Å². The molecule has 1 aliphatic heterocycles. The van der Waals surface area contributed by atoms with Crippen molar-refractivity contribution in [1.29, 1.82) is 5.26 Å². The fraction of sp³-hybridized carbons (Fsp3) is 0.531. The third-order valence-electron chi connectivity index (χ3n) is 6.71. The van der Waals surface area contributed by atoms with Crippen molar-refractivity contribution < 1.29 is 23.5 Å². The van der Waals surface area contributed by atoms with Crippen molar-refractivity contribution in [1.82, 2.24) is 4.90 Å². The van der Waals surface area contributed by atoms with Gasteiger partial charge in [-0.3, -0.25) is 4.79 Å². The Balaban J connectivity index is 1.61. The van der Waals surface area contributed by atoms with E-state index in [2.05, 4.69) is 45.3 Å². The Morgan fingerprint density at radius 1 is 1.05 bits per heavy atom. The van der Waals surface area contributed by atoms with Gasteiger partial charge in [-0.2, -0.15) is 5.26 Å². The topological polar surface area (TPSA) is 104 Å². The first-order chi connectivity index (χ1) is 19.6. The minimum absolute atomic E-state index is 0.00313. The molecular weight excluding hydrogens is 548 g/mol. The lowest BCUT2D eigenvalue weighted by Crippen LogP contribution is -2.44. The highest BCUT2D eigenvalue weighted by molar-refractivity contribution is 6.48. The summed E-state index contributed by atoms with van der Waals surface area (Å²) < 4.78 is 17.7. The summed E-state index contributed by atoms with van der Waals surface area (Å²) in [5.41, 5.74) is 2.37. The summed E-state index contributed by atoms with van der Waals surface area (Å²) in [5.74, 6) is 0.526. The van der Waals surface area contributed by atoms with Crippen molar-refractivity contribution in [3.63, 3.8) is 0 Å². The molecule has 42 heavy (non-hydrogen) atoms. The Labute approximate surface area is 252 Å². The summed E-state index contributed by atoms with van der Waals surface area (Å²) in [4.78, 5) is 29.1. The van der Waals surface area contributed by atoms with Crippen molar-refractivity contribution in [2.24, 2.45) is 0 Å². The fourth-order valence-electron chi connectivity index (χ4n) is 4.60. The molecule has 1 saturated heterocycles. The van der Waals surface area contributed by atoms with Crippen LogP contribution < -0.4 is 15.0 Å². The number of carbonyl (C=O) groups excluding carboxylic acids is 2. The lowest BCUT2D eigenvalue weighted by Gasteiger charge is -2.33. The number of nitrogens with one attached hydrogen (secondary N) is 1. The highest BCUT2D eigenvalue weighted by Crippen LogP contribution is 2.33. The van der Waals surface area contributed by atoms with Gasteiger partial charge < -0.3 is 29.0 Å². The van der Waals surface area contributed by atoms with Gasteiger partial charge in [-0.05, 0) is 81.2 Å². The first kappa shape index (κ1) is 33.0. The second-order valence-electron chi connectivity index (χ2n) is 13.0. The highest BCUT2D eigenvalue weighted by Gasteiger charge is 2.28. The van der Waals surface area contributed by atoms with E-state index in [1.54, 1.807) is 4.90 Å². The predicted octanol–water partition coefficient (Wildman–Crippen LogP) is 6.04. The molecule has 1 aliphatic rings. The minimum Gasteiger partial charge on any atom is -0.490 e. The van der Waals surface area contributed by atoms with Crippen molar-refractivity contribution in [3.05, 3.63) is 53.6 Å². The van der Waals surface area contributed by atoms with Gasteiger partial charge in [0.05, 0.1) is 18.2 Å². The Bertz CT molecular complexity index is 1250. The van der Waals surface area contributed by atoms with Gasteiger partial charge in [0.2, 0.25) is 5.91 Å². The van der Waals surface area contributed by atoms with Gasteiger partial charge in [-0.15, -0.1) is 0 Å². The number of anilines is 2. The predicted molar refractivity (Wildman–Crippen MR) is 169 cm³/mol. The summed E-state index contributed by atoms with van der Waals surface area (Å²) in [5, 5.41) is 12.5. The number of ether oxygens (including phenoxy) is 2. The van der Waals surface area contributed by atoms with Gasteiger partial charge >= 0.3 is 6.09 Å².